The average molecular weight is 477 g/mol. The number of nitrogens with zero attached hydrogens (tertiary/aromatic N) is 1. The summed E-state index contributed by atoms with van der Waals surface area (Å²) in [6, 6.07) is 9.58. The highest BCUT2D eigenvalue weighted by atomic mass is 32.2. The molecule has 2 atom stereocenters. The van der Waals surface area contributed by atoms with E-state index in [2.05, 4.69) is 19.2 Å². The van der Waals surface area contributed by atoms with Crippen molar-refractivity contribution in [1.82, 2.24) is 9.62 Å². The third-order valence-corrected chi connectivity index (χ3v) is 7.62. The summed E-state index contributed by atoms with van der Waals surface area (Å²) in [5.74, 6) is 1.78. The summed E-state index contributed by atoms with van der Waals surface area (Å²) in [6.45, 7) is 5.26. The summed E-state index contributed by atoms with van der Waals surface area (Å²) >= 11 is 0. The molecule has 8 nitrogen and oxygen atoms in total. The van der Waals surface area contributed by atoms with Gasteiger partial charge in [-0.05, 0) is 42.5 Å². The van der Waals surface area contributed by atoms with E-state index in [1.807, 2.05) is 0 Å². The molecule has 0 bridgehead atoms. The van der Waals surface area contributed by atoms with Gasteiger partial charge < -0.3 is 19.5 Å². The Morgan fingerprint density at radius 1 is 0.970 bits per heavy atom. The number of methoxy groups -OCH3 is 3. The van der Waals surface area contributed by atoms with Gasteiger partial charge in [-0.1, -0.05) is 19.9 Å². The van der Waals surface area contributed by atoms with Crippen LogP contribution in [0.1, 0.15) is 36.2 Å². The number of carbonyl (C=O) groups is 1. The van der Waals surface area contributed by atoms with Crippen LogP contribution < -0.4 is 19.5 Å². The Morgan fingerprint density at radius 2 is 1.58 bits per heavy atom. The molecule has 0 radical (unpaired) electrons. The second kappa shape index (κ2) is 10.4. The molecule has 0 aliphatic carbocycles. The van der Waals surface area contributed by atoms with E-state index < -0.39 is 10.0 Å². The van der Waals surface area contributed by atoms with Gasteiger partial charge in [0, 0.05) is 36.8 Å². The molecule has 3 rings (SSSR count). The maximum atomic E-state index is 13.2. The van der Waals surface area contributed by atoms with Crippen LogP contribution in [0.15, 0.2) is 41.3 Å². The summed E-state index contributed by atoms with van der Waals surface area (Å²) < 4.78 is 43.9. The minimum atomic E-state index is -3.68. The number of piperidine rings is 1. The average Bonchev–Trinajstić information content (AvgIpc) is 2.81. The number of hydrogen-bond donors (Lipinski definition) is 1. The van der Waals surface area contributed by atoms with Crippen molar-refractivity contribution < 1.29 is 27.4 Å². The zero-order valence-electron chi connectivity index (χ0n) is 19.8. The van der Waals surface area contributed by atoms with Gasteiger partial charge in [0.1, 0.15) is 5.75 Å². The SMILES string of the molecule is COc1cc(OC)c(OC)cc1CNC(=O)c1cccc(S(=O)(=O)N2CC(C)CC(C)C2)c1. The highest BCUT2D eigenvalue weighted by molar-refractivity contribution is 7.89. The van der Waals surface area contributed by atoms with E-state index in [-0.39, 0.29) is 22.9 Å². The Balaban J connectivity index is 1.78. The number of sulfonamides is 1. The lowest BCUT2D eigenvalue weighted by molar-refractivity contribution is 0.0950. The van der Waals surface area contributed by atoms with Gasteiger partial charge in [0.05, 0.1) is 26.2 Å². The molecule has 0 spiro atoms. The van der Waals surface area contributed by atoms with Crippen LogP contribution >= 0.6 is 0 Å². The van der Waals surface area contributed by atoms with E-state index >= 15 is 0 Å². The number of hydrogen-bond acceptors (Lipinski definition) is 6. The highest BCUT2D eigenvalue weighted by Gasteiger charge is 2.32. The third kappa shape index (κ3) is 5.59. The smallest absolute Gasteiger partial charge is 0.251 e. The van der Waals surface area contributed by atoms with Crippen molar-refractivity contribution in [1.29, 1.82) is 0 Å². The lowest BCUT2D eigenvalue weighted by Gasteiger charge is -2.34. The molecular weight excluding hydrogens is 444 g/mol. The molecule has 1 N–H and O–H groups in total. The minimum absolute atomic E-state index is 0.125. The van der Waals surface area contributed by atoms with E-state index in [0.717, 1.165) is 6.42 Å². The molecular formula is C24H32N2O6S. The zero-order valence-corrected chi connectivity index (χ0v) is 20.6. The van der Waals surface area contributed by atoms with Crippen molar-refractivity contribution in [3.63, 3.8) is 0 Å². The summed E-state index contributed by atoms with van der Waals surface area (Å²) in [5, 5.41) is 2.83. The summed E-state index contributed by atoms with van der Waals surface area (Å²) in [6.07, 6.45) is 1.01. The fourth-order valence-electron chi connectivity index (χ4n) is 4.26. The third-order valence-electron chi connectivity index (χ3n) is 5.80. The molecule has 0 aromatic heterocycles. The topological polar surface area (TPSA) is 94.2 Å². The zero-order chi connectivity index (χ0) is 24.2. The number of ether oxygens (including phenoxy) is 3. The molecule has 2 aromatic carbocycles. The van der Waals surface area contributed by atoms with Crippen molar-refractivity contribution in [3.05, 3.63) is 47.5 Å². The Morgan fingerprint density at radius 3 is 2.18 bits per heavy atom. The fraction of sp³-hybridized carbons (Fsp3) is 0.458. The van der Waals surface area contributed by atoms with Gasteiger partial charge in [-0.25, -0.2) is 8.42 Å². The predicted molar refractivity (Wildman–Crippen MR) is 125 cm³/mol. The van der Waals surface area contributed by atoms with Crippen molar-refractivity contribution >= 4 is 15.9 Å². The maximum Gasteiger partial charge on any atom is 0.251 e. The largest absolute Gasteiger partial charge is 0.496 e. The van der Waals surface area contributed by atoms with Gasteiger partial charge in [-0.2, -0.15) is 4.31 Å². The molecule has 1 aliphatic heterocycles. The Bertz CT molecular complexity index is 1090. The molecule has 1 aliphatic rings. The summed E-state index contributed by atoms with van der Waals surface area (Å²) in [4.78, 5) is 13.0. The molecule has 180 valence electrons. The molecule has 2 aromatic rings. The predicted octanol–water partition coefficient (Wildman–Crippen LogP) is 3.31. The van der Waals surface area contributed by atoms with E-state index in [1.165, 1.54) is 37.8 Å². The van der Waals surface area contributed by atoms with Crippen LogP contribution in [0.3, 0.4) is 0 Å². The minimum Gasteiger partial charge on any atom is -0.496 e. The molecule has 1 heterocycles. The maximum absolute atomic E-state index is 13.2. The van der Waals surface area contributed by atoms with Crippen molar-refractivity contribution in [2.24, 2.45) is 11.8 Å². The standard InChI is InChI=1S/C24H32N2O6S/c1-16-9-17(2)15-26(14-16)33(28,29)20-8-6-7-18(10-20)24(27)25-13-19-11-22(31-4)23(32-5)12-21(19)30-3/h6-8,10-12,16-17H,9,13-15H2,1-5H3,(H,25,27). The van der Waals surface area contributed by atoms with E-state index in [4.69, 9.17) is 14.2 Å². The van der Waals surface area contributed by atoms with Crippen LogP contribution in [0.2, 0.25) is 0 Å². The number of nitrogens with one attached hydrogen (secondary N) is 1. The van der Waals surface area contributed by atoms with Crippen molar-refractivity contribution in [2.45, 2.75) is 31.7 Å². The number of amides is 1. The Kier molecular flexibility index (Phi) is 7.86. The Labute approximate surface area is 195 Å². The first-order valence-electron chi connectivity index (χ1n) is 10.9. The monoisotopic (exact) mass is 476 g/mol. The second-order valence-corrected chi connectivity index (χ2v) is 10.4. The highest BCUT2D eigenvalue weighted by Crippen LogP contribution is 2.34. The quantitative estimate of drug-likeness (QED) is 0.628. The number of benzene rings is 2. The van der Waals surface area contributed by atoms with Crippen LogP contribution in [0.4, 0.5) is 0 Å². The molecule has 2 unspecified atom stereocenters. The Hall–Kier alpha value is -2.78. The first-order chi connectivity index (χ1) is 15.7. The molecule has 1 amide bonds. The van der Waals surface area contributed by atoms with Gasteiger partial charge in [0.25, 0.3) is 5.91 Å². The van der Waals surface area contributed by atoms with E-state index in [9.17, 15) is 13.2 Å². The van der Waals surface area contributed by atoms with Gasteiger partial charge >= 0.3 is 0 Å². The van der Waals surface area contributed by atoms with E-state index in [1.54, 1.807) is 24.3 Å². The molecule has 0 saturated carbocycles. The summed E-state index contributed by atoms with van der Waals surface area (Å²) in [7, 11) is 0.918. The van der Waals surface area contributed by atoms with Gasteiger partial charge in [-0.3, -0.25) is 4.79 Å². The van der Waals surface area contributed by atoms with Gasteiger partial charge in [-0.15, -0.1) is 0 Å². The lowest BCUT2D eigenvalue weighted by Crippen LogP contribution is -2.42. The van der Waals surface area contributed by atoms with Crippen LogP contribution in [0.5, 0.6) is 17.2 Å². The van der Waals surface area contributed by atoms with Crippen LogP contribution in [0, 0.1) is 11.8 Å². The first-order valence-corrected chi connectivity index (χ1v) is 12.3. The number of carbonyl (C=O) groups excluding carboxylic acids is 1. The van der Waals surface area contributed by atoms with Crippen LogP contribution in [-0.4, -0.2) is 53.0 Å². The van der Waals surface area contributed by atoms with E-state index in [0.29, 0.717) is 47.7 Å². The molecule has 33 heavy (non-hydrogen) atoms. The molecule has 1 saturated heterocycles. The normalized spacial score (nSPS) is 19.1. The van der Waals surface area contributed by atoms with Gasteiger partial charge in [0.15, 0.2) is 11.5 Å². The first kappa shape index (κ1) is 24.9. The number of rotatable bonds is 8. The summed E-state index contributed by atoms with van der Waals surface area (Å²) in [5.41, 5.74) is 0.970. The second-order valence-electron chi connectivity index (χ2n) is 8.50. The van der Waals surface area contributed by atoms with Crippen LogP contribution in [-0.2, 0) is 16.6 Å². The van der Waals surface area contributed by atoms with Crippen LogP contribution in [0.25, 0.3) is 0 Å². The van der Waals surface area contributed by atoms with Gasteiger partial charge in [0.2, 0.25) is 10.0 Å². The fourth-order valence-corrected chi connectivity index (χ4v) is 5.98. The van der Waals surface area contributed by atoms with Crippen molar-refractivity contribution in [2.75, 3.05) is 34.4 Å². The lowest BCUT2D eigenvalue weighted by atomic mass is 9.94. The molecule has 9 heteroatoms. The molecule has 1 fully saturated rings. The van der Waals surface area contributed by atoms with Crippen molar-refractivity contribution in [3.8, 4) is 17.2 Å².